The molecule has 8 heteroatoms. The first-order valence-electron chi connectivity index (χ1n) is 12.1. The van der Waals surface area contributed by atoms with Crippen molar-refractivity contribution < 1.29 is 9.59 Å². The largest absolute Gasteiger partial charge is 0.383 e. The van der Waals surface area contributed by atoms with Gasteiger partial charge in [-0.2, -0.15) is 5.26 Å². The molecular weight excluding hydrogens is 434 g/mol. The molecule has 0 bridgehead atoms. The number of nitrogens with zero attached hydrogens (tertiary/aromatic N) is 4. The van der Waals surface area contributed by atoms with E-state index in [2.05, 4.69) is 40.6 Å². The summed E-state index contributed by atoms with van der Waals surface area (Å²) in [6.07, 6.45) is 5.61. The molecule has 1 atom stereocenters. The summed E-state index contributed by atoms with van der Waals surface area (Å²) in [7, 11) is 0. The number of carbonyl (C=O) groups is 2. The molecule has 3 saturated heterocycles. The summed E-state index contributed by atoms with van der Waals surface area (Å²) in [6, 6.07) is 10.5. The highest BCUT2D eigenvalue weighted by Crippen LogP contribution is 2.38. The first-order chi connectivity index (χ1) is 16.1. The topological polar surface area (TPSA) is 79.7 Å². The number of thioether (sulfide) groups is 1. The Morgan fingerprint density at radius 1 is 1.12 bits per heavy atom. The number of anilines is 1. The van der Waals surface area contributed by atoms with Gasteiger partial charge in [0.05, 0.1) is 0 Å². The average Bonchev–Trinajstić information content (AvgIpc) is 3.60. The maximum atomic E-state index is 13.0. The van der Waals surface area contributed by atoms with Gasteiger partial charge in [0.15, 0.2) is 0 Å². The second-order valence-electron chi connectivity index (χ2n) is 8.86. The van der Waals surface area contributed by atoms with Crippen LogP contribution < -0.4 is 5.32 Å². The maximum absolute atomic E-state index is 13.0. The van der Waals surface area contributed by atoms with E-state index >= 15 is 0 Å². The fraction of sp³-hybridized carbons (Fsp3) is 0.560. The molecule has 3 aliphatic heterocycles. The van der Waals surface area contributed by atoms with Crippen LogP contribution in [0.3, 0.4) is 0 Å². The van der Waals surface area contributed by atoms with Gasteiger partial charge < -0.3 is 20.0 Å². The number of rotatable bonds is 8. The van der Waals surface area contributed by atoms with E-state index in [9.17, 15) is 14.9 Å². The number of nitriles is 1. The van der Waals surface area contributed by atoms with Crippen LogP contribution in [0.2, 0.25) is 0 Å². The quantitative estimate of drug-likeness (QED) is 0.468. The normalized spacial score (nSPS) is 22.7. The molecular formula is C25H33N5O2S. The van der Waals surface area contributed by atoms with Crippen LogP contribution in [0.25, 0.3) is 0 Å². The van der Waals surface area contributed by atoms with E-state index in [1.807, 2.05) is 6.92 Å². The predicted molar refractivity (Wildman–Crippen MR) is 132 cm³/mol. The molecule has 1 unspecified atom stereocenters. The summed E-state index contributed by atoms with van der Waals surface area (Å²) in [5.41, 5.74) is 2.39. The summed E-state index contributed by atoms with van der Waals surface area (Å²) >= 11 is 1.33. The second-order valence-corrected chi connectivity index (χ2v) is 10.0. The van der Waals surface area contributed by atoms with Crippen molar-refractivity contribution in [3.63, 3.8) is 0 Å². The van der Waals surface area contributed by atoms with Crippen molar-refractivity contribution in [2.75, 3.05) is 51.1 Å². The second kappa shape index (κ2) is 11.1. The number of carbonyl (C=O) groups excluding carboxylic acids is 2. The number of hydrogen-bond acceptors (Lipinski definition) is 6. The molecule has 3 fully saturated rings. The molecule has 1 aromatic carbocycles. The van der Waals surface area contributed by atoms with Crippen molar-refractivity contribution in [3.8, 4) is 6.07 Å². The van der Waals surface area contributed by atoms with Gasteiger partial charge in [-0.1, -0.05) is 23.9 Å². The van der Waals surface area contributed by atoms with E-state index in [1.165, 1.54) is 43.3 Å². The van der Waals surface area contributed by atoms with E-state index in [0.717, 1.165) is 31.5 Å². The zero-order chi connectivity index (χ0) is 23.2. The molecule has 0 saturated carbocycles. The van der Waals surface area contributed by atoms with E-state index in [4.69, 9.17) is 0 Å². The van der Waals surface area contributed by atoms with E-state index in [-0.39, 0.29) is 22.6 Å². The lowest BCUT2D eigenvalue weighted by molar-refractivity contribution is -0.127. The zero-order valence-electron chi connectivity index (χ0n) is 19.4. The van der Waals surface area contributed by atoms with Gasteiger partial charge in [0.25, 0.3) is 5.91 Å². The van der Waals surface area contributed by atoms with Gasteiger partial charge in [0.2, 0.25) is 5.91 Å². The van der Waals surface area contributed by atoms with Gasteiger partial charge in [-0.15, -0.1) is 0 Å². The van der Waals surface area contributed by atoms with E-state index in [1.54, 1.807) is 9.80 Å². The monoisotopic (exact) mass is 467 g/mol. The van der Waals surface area contributed by atoms with Gasteiger partial charge in [0.1, 0.15) is 21.9 Å². The molecule has 1 N–H and O–H groups in total. The SMILES string of the molecule is CCN1C(=O)C(CNc2ccc(CCN3CCCC3)cc2)S/C1=C(/C#N)C(=O)N1CCCC1. The van der Waals surface area contributed by atoms with Crippen molar-refractivity contribution in [2.24, 2.45) is 0 Å². The minimum Gasteiger partial charge on any atom is -0.383 e. The molecule has 0 spiro atoms. The molecule has 33 heavy (non-hydrogen) atoms. The van der Waals surface area contributed by atoms with Crippen molar-refractivity contribution in [1.82, 2.24) is 14.7 Å². The Labute approximate surface area is 200 Å². The van der Waals surface area contributed by atoms with Crippen molar-refractivity contribution >= 4 is 29.3 Å². The van der Waals surface area contributed by atoms with Crippen LogP contribution in [0.1, 0.15) is 38.2 Å². The minimum atomic E-state index is -0.357. The Bertz CT molecular complexity index is 927. The Hall–Kier alpha value is -2.50. The van der Waals surface area contributed by atoms with Crippen molar-refractivity contribution in [2.45, 2.75) is 44.3 Å². The summed E-state index contributed by atoms with van der Waals surface area (Å²) in [4.78, 5) is 31.7. The standard InChI is InChI=1S/C25H33N5O2S/c1-2-30-24(32)22(33-25(30)21(17-26)23(31)29-14-5-6-15-29)18-27-20-9-7-19(8-10-20)11-16-28-12-3-4-13-28/h7-10,22,27H,2-6,11-16,18H2,1H3/b25-21-. The summed E-state index contributed by atoms with van der Waals surface area (Å²) < 4.78 is 0. The van der Waals surface area contributed by atoms with Gasteiger partial charge in [-0.3, -0.25) is 9.59 Å². The van der Waals surface area contributed by atoms with Crippen LogP contribution in [0, 0.1) is 11.3 Å². The van der Waals surface area contributed by atoms with E-state index in [0.29, 0.717) is 31.2 Å². The van der Waals surface area contributed by atoms with E-state index < -0.39 is 0 Å². The molecule has 176 valence electrons. The predicted octanol–water partition coefficient (Wildman–Crippen LogP) is 3.06. The van der Waals surface area contributed by atoms with Crippen LogP contribution in [-0.4, -0.2) is 77.6 Å². The summed E-state index contributed by atoms with van der Waals surface area (Å²) in [5, 5.41) is 13.2. The molecule has 0 radical (unpaired) electrons. The highest BCUT2D eigenvalue weighted by Gasteiger charge is 2.39. The molecule has 7 nitrogen and oxygen atoms in total. The van der Waals surface area contributed by atoms with Crippen LogP contribution in [0.5, 0.6) is 0 Å². The Morgan fingerprint density at radius 2 is 1.79 bits per heavy atom. The number of likely N-dealkylation sites (tertiary alicyclic amines) is 2. The third-order valence-electron chi connectivity index (χ3n) is 6.65. The van der Waals surface area contributed by atoms with Gasteiger partial charge in [-0.05, 0) is 69.8 Å². The van der Waals surface area contributed by atoms with Crippen molar-refractivity contribution in [3.05, 3.63) is 40.4 Å². The van der Waals surface area contributed by atoms with Crippen molar-refractivity contribution in [1.29, 1.82) is 5.26 Å². The highest BCUT2D eigenvalue weighted by molar-refractivity contribution is 8.04. The molecule has 1 aromatic rings. The molecule has 4 rings (SSSR count). The van der Waals surface area contributed by atoms with Gasteiger partial charge in [0, 0.05) is 38.4 Å². The summed E-state index contributed by atoms with van der Waals surface area (Å²) in [6.45, 7) is 7.69. The van der Waals surface area contributed by atoms with Gasteiger partial charge in [-0.25, -0.2) is 0 Å². The minimum absolute atomic E-state index is 0.0470. The summed E-state index contributed by atoms with van der Waals surface area (Å²) in [5.74, 6) is -0.295. The molecule has 0 aromatic heterocycles. The maximum Gasteiger partial charge on any atom is 0.267 e. The third kappa shape index (κ3) is 5.53. The van der Waals surface area contributed by atoms with Crippen LogP contribution >= 0.6 is 11.8 Å². The lowest BCUT2D eigenvalue weighted by atomic mass is 10.1. The first-order valence-corrected chi connectivity index (χ1v) is 13.0. The van der Waals surface area contributed by atoms with Gasteiger partial charge >= 0.3 is 0 Å². The Kier molecular flexibility index (Phi) is 7.94. The third-order valence-corrected chi connectivity index (χ3v) is 7.95. The van der Waals surface area contributed by atoms with Crippen LogP contribution in [-0.2, 0) is 16.0 Å². The number of amides is 2. The zero-order valence-corrected chi connectivity index (χ0v) is 20.2. The van der Waals surface area contributed by atoms with Crippen LogP contribution in [0.4, 0.5) is 5.69 Å². The fourth-order valence-electron chi connectivity index (χ4n) is 4.70. The fourth-order valence-corrected chi connectivity index (χ4v) is 5.97. The Morgan fingerprint density at radius 3 is 2.42 bits per heavy atom. The first kappa shape index (κ1) is 23.7. The number of nitrogens with one attached hydrogen (secondary N) is 1. The Balaban J connectivity index is 1.36. The number of hydrogen-bond donors (Lipinski definition) is 1. The number of benzene rings is 1. The molecule has 3 aliphatic rings. The molecule has 3 heterocycles. The highest BCUT2D eigenvalue weighted by atomic mass is 32.2. The molecule has 0 aliphatic carbocycles. The lowest BCUT2D eigenvalue weighted by Gasteiger charge is -2.19. The lowest BCUT2D eigenvalue weighted by Crippen LogP contribution is -2.34. The average molecular weight is 468 g/mol. The van der Waals surface area contributed by atoms with Crippen LogP contribution in [0.15, 0.2) is 34.9 Å². The smallest absolute Gasteiger partial charge is 0.267 e. The molecule has 2 amide bonds.